The number of carbonyl (C=O) groups is 2. The molecule has 4 heterocycles. The van der Waals surface area contributed by atoms with Crippen molar-refractivity contribution in [3.05, 3.63) is 108 Å². The average molecular weight is 916 g/mol. The van der Waals surface area contributed by atoms with Gasteiger partial charge in [-0.3, -0.25) is 14.2 Å². The van der Waals surface area contributed by atoms with Crippen molar-refractivity contribution in [3.63, 3.8) is 0 Å². The van der Waals surface area contributed by atoms with E-state index in [4.69, 9.17) is 15.6 Å². The predicted octanol–water partition coefficient (Wildman–Crippen LogP) is 7.81. The summed E-state index contributed by atoms with van der Waals surface area (Å²) < 4.78 is 3.89. The van der Waals surface area contributed by atoms with E-state index in [1.807, 2.05) is 53.8 Å². The van der Waals surface area contributed by atoms with Gasteiger partial charge >= 0.3 is 5.97 Å². The Labute approximate surface area is 389 Å². The number of rotatable bonds is 12. The fourth-order valence-electron chi connectivity index (χ4n) is 7.60. The molecule has 0 bridgehead atoms. The highest BCUT2D eigenvalue weighted by atomic mass is 35.5. The number of carbonyl (C=O) groups excluding carboxylic acids is 1. The maximum Gasteiger partial charge on any atom is 0.335 e. The van der Waals surface area contributed by atoms with Crippen LogP contribution in [0.5, 0.6) is 0 Å². The molecule has 0 spiro atoms. The summed E-state index contributed by atoms with van der Waals surface area (Å²) in [6.07, 6.45) is 17.9. The third-order valence-corrected chi connectivity index (χ3v) is 11.2. The number of aryl methyl sites for hydroxylation is 2. The minimum atomic E-state index is -0.956. The Morgan fingerprint density at radius 3 is 1.47 bits per heavy atom. The summed E-state index contributed by atoms with van der Waals surface area (Å²) in [4.78, 5) is 41.2. The zero-order valence-corrected chi connectivity index (χ0v) is 37.6. The van der Waals surface area contributed by atoms with Gasteiger partial charge in [-0.05, 0) is 88.5 Å². The van der Waals surface area contributed by atoms with Crippen LogP contribution in [0, 0.1) is 36.5 Å². The highest BCUT2D eigenvalue weighted by Gasteiger charge is 2.23. The smallest absolute Gasteiger partial charge is 0.335 e. The van der Waals surface area contributed by atoms with E-state index in [2.05, 4.69) is 46.5 Å². The minimum absolute atomic E-state index is 0. The molecular weight excluding hydrogens is 862 g/mol. The Bertz CT molecular complexity index is 2610. The second-order valence-electron chi connectivity index (χ2n) is 15.9. The highest BCUT2D eigenvalue weighted by molar-refractivity contribution is 5.96. The molecule has 0 radical (unpaired) electrons. The van der Waals surface area contributed by atoms with Gasteiger partial charge in [-0.25, -0.2) is 24.7 Å². The quantitative estimate of drug-likeness (QED) is 0.0504. The lowest BCUT2D eigenvalue weighted by Gasteiger charge is -2.25. The van der Waals surface area contributed by atoms with Crippen molar-refractivity contribution in [2.75, 3.05) is 17.2 Å². The third-order valence-electron chi connectivity index (χ3n) is 11.2. The Balaban J connectivity index is 0.000000227. The normalized spacial score (nSPS) is 17.5. The largest absolute Gasteiger partial charge is 0.478 e. The van der Waals surface area contributed by atoms with E-state index >= 15 is 0 Å². The number of halogens is 1. The number of carboxylic acids is 1. The number of aliphatic hydroxyl groups excluding tert-OH is 2. The molecule has 0 amide bonds. The van der Waals surface area contributed by atoms with Gasteiger partial charge in [0.05, 0.1) is 83.7 Å². The molecule has 4 aromatic heterocycles. The molecular formula is C47H54ClN13O5. The van der Waals surface area contributed by atoms with Crippen LogP contribution in [-0.2, 0) is 0 Å². The topological polar surface area (TPSA) is 280 Å². The van der Waals surface area contributed by atoms with E-state index in [1.165, 1.54) is 0 Å². The number of aromatic carboxylic acids is 1. The molecule has 344 valence electrons. The number of anilines is 4. The number of nitriles is 2. The van der Waals surface area contributed by atoms with Gasteiger partial charge in [-0.1, -0.05) is 36.4 Å². The molecule has 2 saturated carbocycles. The van der Waals surface area contributed by atoms with Crippen molar-refractivity contribution in [2.24, 2.45) is 5.73 Å². The van der Waals surface area contributed by atoms with Crippen LogP contribution in [-0.4, -0.2) is 85.3 Å². The van der Waals surface area contributed by atoms with Crippen molar-refractivity contribution in [1.82, 2.24) is 39.5 Å². The lowest BCUT2D eigenvalue weighted by atomic mass is 9.93. The fourth-order valence-corrected chi connectivity index (χ4v) is 7.60. The first-order chi connectivity index (χ1) is 31.4. The number of carboxylic acid groups (broad SMARTS) is 1. The van der Waals surface area contributed by atoms with Crippen LogP contribution in [0.25, 0.3) is 22.5 Å². The fraction of sp³-hybridized carbons (Fsp3) is 0.362. The summed E-state index contributed by atoms with van der Waals surface area (Å²) >= 11 is 0. The molecule has 7 N–H and O–H groups in total. The number of nitrogens with two attached hydrogens (primary N) is 1. The zero-order chi connectivity index (χ0) is 46.3. The van der Waals surface area contributed by atoms with Crippen molar-refractivity contribution in [2.45, 2.75) is 102 Å². The van der Waals surface area contributed by atoms with E-state index in [9.17, 15) is 19.8 Å². The number of Topliss-reactive ketones (excluding diaryl/α,β-unsaturated/α-hetero) is 1. The molecule has 8 rings (SSSR count). The van der Waals surface area contributed by atoms with E-state index in [0.717, 1.165) is 96.4 Å². The molecule has 2 fully saturated rings. The molecule has 19 heteroatoms. The van der Waals surface area contributed by atoms with Crippen molar-refractivity contribution >= 4 is 47.4 Å². The Hall–Kier alpha value is -7.09. The van der Waals surface area contributed by atoms with Gasteiger partial charge in [0.15, 0.2) is 5.78 Å². The van der Waals surface area contributed by atoms with Gasteiger partial charge in [-0.15, -0.1) is 12.4 Å². The minimum Gasteiger partial charge on any atom is -0.478 e. The number of hydrogen-bond donors (Lipinski definition) is 6. The SMILES string of the molecule is Cc1cnc(Nc2cnn(C3CCC(O)CC3)c2)nc1-c1ccc(C(=O)CCC#N)cc1.Cc1cnc(Nc2cnn(C3CCC(O)CC3)c2)nc1-c1ccc(C(=O)O)cc1.Cl.N#CCN. The molecule has 18 nitrogen and oxygen atoms in total. The molecule has 2 aliphatic rings. The molecule has 2 aromatic carbocycles. The van der Waals surface area contributed by atoms with Crippen LogP contribution < -0.4 is 16.4 Å². The third kappa shape index (κ3) is 13.7. The van der Waals surface area contributed by atoms with Gasteiger partial charge in [-0.2, -0.15) is 20.7 Å². The van der Waals surface area contributed by atoms with Crippen LogP contribution in [0.3, 0.4) is 0 Å². The number of hydrogen-bond acceptors (Lipinski definition) is 15. The summed E-state index contributed by atoms with van der Waals surface area (Å²) in [7, 11) is 0. The van der Waals surface area contributed by atoms with Gasteiger partial charge in [0.2, 0.25) is 11.9 Å². The number of aromatic nitrogens is 8. The van der Waals surface area contributed by atoms with Crippen LogP contribution >= 0.6 is 12.4 Å². The van der Waals surface area contributed by atoms with Crippen LogP contribution in [0.4, 0.5) is 23.3 Å². The first kappa shape index (κ1) is 49.9. The maximum absolute atomic E-state index is 12.1. The zero-order valence-electron chi connectivity index (χ0n) is 36.8. The van der Waals surface area contributed by atoms with Gasteiger partial charge < -0.3 is 31.7 Å². The number of benzene rings is 2. The molecule has 0 saturated heterocycles. The van der Waals surface area contributed by atoms with Gasteiger partial charge in [0.1, 0.15) is 0 Å². The number of nitrogens with zero attached hydrogens (tertiary/aromatic N) is 10. The summed E-state index contributed by atoms with van der Waals surface area (Å²) in [5, 5.41) is 59.9. The Morgan fingerprint density at radius 1 is 0.682 bits per heavy atom. The van der Waals surface area contributed by atoms with Gasteiger partial charge in [0, 0.05) is 54.3 Å². The summed E-state index contributed by atoms with van der Waals surface area (Å²) in [6, 6.07) is 18.2. The lowest BCUT2D eigenvalue weighted by molar-refractivity contribution is 0.0696. The maximum atomic E-state index is 12.1. The first-order valence-electron chi connectivity index (χ1n) is 21.5. The van der Waals surface area contributed by atoms with Crippen molar-refractivity contribution in [3.8, 4) is 34.7 Å². The van der Waals surface area contributed by atoms with Crippen molar-refractivity contribution in [1.29, 1.82) is 10.5 Å². The Kier molecular flexibility index (Phi) is 18.4. The van der Waals surface area contributed by atoms with E-state index < -0.39 is 5.97 Å². The second-order valence-corrected chi connectivity index (χ2v) is 15.9. The summed E-state index contributed by atoms with van der Waals surface area (Å²) in [6.45, 7) is 3.99. The van der Waals surface area contributed by atoms with E-state index in [-0.39, 0.29) is 55.3 Å². The van der Waals surface area contributed by atoms with Crippen LogP contribution in [0.15, 0.2) is 85.7 Å². The summed E-state index contributed by atoms with van der Waals surface area (Å²) in [5.41, 5.74) is 12.2. The first-order valence-corrected chi connectivity index (χ1v) is 21.5. The van der Waals surface area contributed by atoms with E-state index in [1.54, 1.807) is 67.3 Å². The molecule has 66 heavy (non-hydrogen) atoms. The summed E-state index contributed by atoms with van der Waals surface area (Å²) in [5.74, 6) is -0.0722. The molecule has 2 aliphatic carbocycles. The van der Waals surface area contributed by atoms with Crippen LogP contribution in [0.1, 0.15) is 108 Å². The van der Waals surface area contributed by atoms with E-state index in [0.29, 0.717) is 29.5 Å². The molecule has 6 aromatic rings. The van der Waals surface area contributed by atoms with Crippen LogP contribution in [0.2, 0.25) is 0 Å². The molecule has 0 aliphatic heterocycles. The average Bonchev–Trinajstić information content (AvgIpc) is 4.00. The van der Waals surface area contributed by atoms with Gasteiger partial charge in [0.25, 0.3) is 0 Å². The predicted molar refractivity (Wildman–Crippen MR) is 251 cm³/mol. The number of ketones is 1. The second kappa shape index (κ2) is 24.3. The molecule has 0 unspecified atom stereocenters. The molecule has 0 atom stereocenters. The Morgan fingerprint density at radius 2 is 1.09 bits per heavy atom. The lowest BCUT2D eigenvalue weighted by Crippen LogP contribution is -2.21. The highest BCUT2D eigenvalue weighted by Crippen LogP contribution is 2.31. The number of nitrogens with one attached hydrogen (secondary N) is 2. The standard InChI is InChI=1S/C24H26N6O2.C21H23N5O3.C2H4N2.ClH/c1-16-13-26-24(28-19-14-27-30(15-19)20-8-10-21(31)11-9-20)29-23(16)18-6-4-17(5-7-18)22(32)3-2-12-25;1-13-10-22-21(25-19(13)14-2-4-15(5-3-14)20(28)29)24-16-11-23-26(12-16)17-6-8-18(27)9-7-17;3-1-2-4;/h4-7,13-15,20-21,31H,2-3,8-11H2,1H3,(H,26,28,29);2-5,10-12,17-18,27H,6-9H2,1H3,(H,28,29)(H,22,24,25);1,3H2;1H. The van der Waals surface area contributed by atoms with Crippen molar-refractivity contribution < 1.29 is 24.9 Å². The number of aliphatic hydroxyl groups is 2. The monoisotopic (exact) mass is 915 g/mol.